The minimum Gasteiger partial charge on any atom is -0.497 e. The normalized spacial score (nSPS) is 15.5. The molecule has 0 bridgehead atoms. The van der Waals surface area contributed by atoms with E-state index in [4.69, 9.17) is 37.0 Å². The van der Waals surface area contributed by atoms with Crippen molar-refractivity contribution in [2.24, 2.45) is 5.92 Å². The van der Waals surface area contributed by atoms with Gasteiger partial charge in [0.2, 0.25) is 0 Å². The summed E-state index contributed by atoms with van der Waals surface area (Å²) in [7, 11) is -2.43. The highest BCUT2D eigenvalue weighted by Crippen LogP contribution is 2.40. The molecule has 0 heterocycles. The molecule has 75 heavy (non-hydrogen) atoms. The van der Waals surface area contributed by atoms with Crippen molar-refractivity contribution in [1.29, 1.82) is 0 Å². The Labute approximate surface area is 459 Å². The number of benzene rings is 3. The predicted molar refractivity (Wildman–Crippen MR) is 321 cm³/mol. The van der Waals surface area contributed by atoms with Gasteiger partial charge in [0.1, 0.15) is 12.5 Å². The average molecular weight is 1090 g/mol. The van der Waals surface area contributed by atoms with E-state index in [1.54, 1.807) is 14.2 Å². The molecule has 9 nitrogen and oxygen atoms in total. The van der Waals surface area contributed by atoms with Crippen molar-refractivity contribution in [3.63, 3.8) is 0 Å². The van der Waals surface area contributed by atoms with Crippen LogP contribution < -0.4 is 15.1 Å². The first-order chi connectivity index (χ1) is 35.5. The van der Waals surface area contributed by atoms with Gasteiger partial charge in [0.15, 0.2) is 16.6 Å². The number of ether oxygens (including phenoxy) is 5. The molecule has 0 saturated carbocycles. The molecule has 3 aromatic rings. The molecule has 0 N–H and O–H groups in total. The Bertz CT molecular complexity index is 2140. The van der Waals surface area contributed by atoms with E-state index in [9.17, 15) is 4.79 Å². The van der Waals surface area contributed by atoms with E-state index < -0.39 is 31.1 Å². The van der Waals surface area contributed by atoms with E-state index in [0.29, 0.717) is 25.2 Å². The number of carbonyl (C=O) groups is 1. The Morgan fingerprint density at radius 2 is 1.31 bits per heavy atom. The molecule has 0 spiro atoms. The fraction of sp³-hybridized carbons (Fsp3) is 0.571. The summed E-state index contributed by atoms with van der Waals surface area (Å²) < 4.78 is 51.4. The molecule has 0 radical (unpaired) electrons. The smallest absolute Gasteiger partial charge is 0.333 e. The molecule has 5 atom stereocenters. The van der Waals surface area contributed by atoms with Crippen molar-refractivity contribution in [2.45, 2.75) is 194 Å². The van der Waals surface area contributed by atoms with Gasteiger partial charge in [0, 0.05) is 25.2 Å². The fourth-order valence-electron chi connectivity index (χ4n) is 9.44. The van der Waals surface area contributed by atoms with Gasteiger partial charge < -0.3 is 37.0 Å². The van der Waals surface area contributed by atoms with Gasteiger partial charge in [-0.25, -0.2) is 4.79 Å². The lowest BCUT2D eigenvalue weighted by Crippen LogP contribution is -2.68. The fourth-order valence-corrected chi connectivity index (χ4v) is 18.3. The molecular formula is C63H100O9Si3. The maximum Gasteiger partial charge on any atom is 0.333 e. The van der Waals surface area contributed by atoms with E-state index in [-0.39, 0.29) is 47.1 Å². The first kappa shape index (κ1) is 65.6. The zero-order valence-electron chi connectivity index (χ0n) is 49.6. The molecule has 0 unspecified atom stereocenters. The van der Waals surface area contributed by atoms with Gasteiger partial charge in [-0.1, -0.05) is 184 Å². The second-order valence-corrected chi connectivity index (χ2v) is 36.6. The molecular weight excluding hydrogens is 985 g/mol. The quantitative estimate of drug-likeness (QED) is 0.0110. The molecule has 0 aliphatic carbocycles. The summed E-state index contributed by atoms with van der Waals surface area (Å²) in [6.45, 7) is 32.8. The number of hydrogen-bond donors (Lipinski definition) is 0. The van der Waals surface area contributed by atoms with Crippen LogP contribution in [-0.2, 0) is 43.6 Å². The number of rotatable bonds is 34. The number of methoxy groups -OCH3 is 3. The van der Waals surface area contributed by atoms with Crippen LogP contribution in [0.1, 0.15) is 127 Å². The number of unbranched alkanes of at least 4 members (excludes halogenated alkanes) is 1. The molecule has 12 heteroatoms. The highest BCUT2D eigenvalue weighted by molar-refractivity contribution is 6.99. The lowest BCUT2D eigenvalue weighted by Gasteiger charge is -2.46. The molecule has 418 valence electrons. The lowest BCUT2D eigenvalue weighted by atomic mass is 9.96. The van der Waals surface area contributed by atoms with Crippen molar-refractivity contribution >= 4 is 41.3 Å². The van der Waals surface area contributed by atoms with Gasteiger partial charge in [-0.2, -0.15) is 0 Å². The summed E-state index contributed by atoms with van der Waals surface area (Å²) in [5.74, 6) is 0.569. The van der Waals surface area contributed by atoms with E-state index in [1.165, 1.54) is 23.1 Å². The maximum atomic E-state index is 12.4. The first-order valence-electron chi connectivity index (χ1n) is 27.8. The molecule has 0 aliphatic heterocycles. The van der Waals surface area contributed by atoms with Crippen molar-refractivity contribution in [2.75, 3.05) is 34.7 Å². The number of hydrogen-bond acceptors (Lipinski definition) is 9. The SMILES string of the molecule is CC[Si](CC)(CC)O[C@H](C/C(C)=C/C=C/CC[C@@H](OCOC)[C@@H](/C=C/[C@@H](CCCCOCc1ccc(OC)cc1)O[Si](C)(C)C(C)(C)C)O[Si](c1ccccc1)(c1ccccc1)C(C)(C)C)[C@H](C)/C=C(\C)C(=O)OC. The Balaban J connectivity index is 2.07. The first-order valence-corrected chi connectivity index (χ1v) is 35.1. The molecule has 0 fully saturated rings. The monoisotopic (exact) mass is 1080 g/mol. The third-order valence-corrected chi connectivity index (χ3v) is 29.5. The zero-order chi connectivity index (χ0) is 55.7. The van der Waals surface area contributed by atoms with E-state index >= 15 is 0 Å². The van der Waals surface area contributed by atoms with Gasteiger partial charge in [-0.3, -0.25) is 0 Å². The second-order valence-electron chi connectivity index (χ2n) is 22.9. The van der Waals surface area contributed by atoms with Gasteiger partial charge in [-0.15, -0.1) is 0 Å². The van der Waals surface area contributed by atoms with Gasteiger partial charge >= 0.3 is 5.97 Å². The molecule has 3 aromatic carbocycles. The van der Waals surface area contributed by atoms with E-state index in [0.717, 1.165) is 61.5 Å². The zero-order valence-corrected chi connectivity index (χ0v) is 52.6. The number of carbonyl (C=O) groups excluding carboxylic acids is 1. The summed E-state index contributed by atoms with van der Waals surface area (Å²) in [4.78, 5) is 12.4. The molecule has 0 saturated heterocycles. The number of allylic oxidation sites excluding steroid dienone is 3. The van der Waals surface area contributed by atoms with Crippen LogP contribution in [0.3, 0.4) is 0 Å². The predicted octanol–water partition coefficient (Wildman–Crippen LogP) is 15.1. The molecule has 0 aromatic heterocycles. The van der Waals surface area contributed by atoms with Crippen LogP contribution in [0.15, 0.2) is 133 Å². The molecule has 0 amide bonds. The van der Waals surface area contributed by atoms with Crippen LogP contribution in [0.2, 0.25) is 41.3 Å². The minimum atomic E-state index is -3.07. The van der Waals surface area contributed by atoms with Crippen LogP contribution in [0.5, 0.6) is 5.75 Å². The Hall–Kier alpha value is -3.70. The highest BCUT2D eigenvalue weighted by Gasteiger charge is 2.52. The van der Waals surface area contributed by atoms with E-state index in [2.05, 4.69) is 192 Å². The van der Waals surface area contributed by atoms with E-state index in [1.807, 2.05) is 25.1 Å². The largest absolute Gasteiger partial charge is 0.497 e. The van der Waals surface area contributed by atoms with Gasteiger partial charge in [0.25, 0.3) is 8.32 Å². The summed E-state index contributed by atoms with van der Waals surface area (Å²) >= 11 is 0. The van der Waals surface area contributed by atoms with Gasteiger partial charge in [-0.05, 0) is 122 Å². The summed E-state index contributed by atoms with van der Waals surface area (Å²) in [5.41, 5.74) is 2.95. The molecule has 0 aliphatic rings. The minimum absolute atomic E-state index is 0.0221. The Morgan fingerprint density at radius 3 is 1.83 bits per heavy atom. The number of esters is 1. The topological polar surface area (TPSA) is 90.9 Å². The van der Waals surface area contributed by atoms with Crippen molar-refractivity contribution in [3.8, 4) is 5.75 Å². The third kappa shape index (κ3) is 20.6. The van der Waals surface area contributed by atoms with Crippen molar-refractivity contribution in [3.05, 3.63) is 138 Å². The van der Waals surface area contributed by atoms with Crippen LogP contribution in [0.25, 0.3) is 0 Å². The van der Waals surface area contributed by atoms with Crippen molar-refractivity contribution < 1.29 is 41.8 Å². The van der Waals surface area contributed by atoms with Crippen LogP contribution in [0, 0.1) is 5.92 Å². The third-order valence-electron chi connectivity index (χ3n) is 15.3. The summed E-state index contributed by atoms with van der Waals surface area (Å²) in [6.07, 6.45) is 17.1. The average Bonchev–Trinajstić information content (AvgIpc) is 3.39. The molecule has 3 rings (SSSR count). The Kier molecular flexibility index (Phi) is 28.2. The van der Waals surface area contributed by atoms with Crippen LogP contribution in [-0.4, -0.2) is 90.1 Å². The van der Waals surface area contributed by atoms with Crippen LogP contribution >= 0.6 is 0 Å². The second kappa shape index (κ2) is 32.3. The highest BCUT2D eigenvalue weighted by atomic mass is 28.4. The Morgan fingerprint density at radius 1 is 0.707 bits per heavy atom. The summed E-state index contributed by atoms with van der Waals surface area (Å²) in [5, 5.41) is 2.18. The summed E-state index contributed by atoms with van der Waals surface area (Å²) in [6, 6.07) is 32.9. The van der Waals surface area contributed by atoms with Gasteiger partial charge in [0.05, 0.1) is 45.2 Å². The van der Waals surface area contributed by atoms with Crippen molar-refractivity contribution in [1.82, 2.24) is 0 Å². The van der Waals surface area contributed by atoms with Crippen LogP contribution in [0.4, 0.5) is 0 Å². The maximum absolute atomic E-state index is 12.4. The lowest BCUT2D eigenvalue weighted by molar-refractivity contribution is -0.136. The standard InChI is InChI=1S/C63H100O9Si3/c1-18-74(19-2,20-3)71-60(51(5)47-52(6)61(64)67-15)46-50(4)32-24-21-29-38-58(69-49-65-13)59(72-75(63(10,11)12,56-34-25-22-26-35-56)57-36-27-23-28-37-57)44-43-55(70-73(16,17)62(7,8)9)33-30-31-45-68-48-53-39-41-54(66-14)42-40-53/h21-28,32,34-37,39-44,47,51,55,58-60H,18-20,29-31,33,38,45-46,48-49H2,1-17H3/b24-21+,44-43+,50-32+,52-47+/t51-,55-,58-,59-,60-/m1/s1.